The largest absolute Gasteiger partial charge is 0.339 e. The molecule has 0 saturated carbocycles. The van der Waals surface area contributed by atoms with Crippen LogP contribution in [0.25, 0.3) is 39.0 Å². The number of rotatable bonds is 8. The van der Waals surface area contributed by atoms with Crippen molar-refractivity contribution in [3.05, 3.63) is 82.9 Å². The molecule has 0 unspecified atom stereocenters. The Kier molecular flexibility index (Phi) is 6.27. The first-order valence-corrected chi connectivity index (χ1v) is 13.9. The molecule has 0 aliphatic rings. The molecule has 3 heterocycles. The van der Waals surface area contributed by atoms with E-state index in [4.69, 9.17) is 0 Å². The Morgan fingerprint density at radius 3 is 2.47 bits per heavy atom. The van der Waals surface area contributed by atoms with Crippen molar-refractivity contribution in [1.29, 1.82) is 0 Å². The van der Waals surface area contributed by atoms with Gasteiger partial charge in [-0.1, -0.05) is 42.5 Å². The molecule has 0 aliphatic carbocycles. The van der Waals surface area contributed by atoms with Crippen molar-refractivity contribution >= 4 is 31.9 Å². The number of aromatic amines is 1. The molecular formula is C27H29N5O3S. The molecule has 0 atom stereocenters. The lowest BCUT2D eigenvalue weighted by atomic mass is 10.1. The molecule has 186 valence electrons. The second-order valence-electron chi connectivity index (χ2n) is 9.37. The van der Waals surface area contributed by atoms with Gasteiger partial charge in [-0.15, -0.1) is 0 Å². The van der Waals surface area contributed by atoms with Crippen molar-refractivity contribution in [2.45, 2.75) is 13.0 Å². The summed E-state index contributed by atoms with van der Waals surface area (Å²) in [4.78, 5) is 23.2. The summed E-state index contributed by atoms with van der Waals surface area (Å²) in [5, 5.41) is 0.888. The third-order valence-corrected chi connectivity index (χ3v) is 7.49. The maximum atomic E-state index is 13.1. The van der Waals surface area contributed by atoms with E-state index in [1.165, 1.54) is 6.26 Å². The zero-order chi connectivity index (χ0) is 25.4. The molecule has 0 aliphatic heterocycles. The molecule has 0 amide bonds. The van der Waals surface area contributed by atoms with Crippen LogP contribution < -0.4 is 5.69 Å². The van der Waals surface area contributed by atoms with Crippen LogP contribution in [-0.2, 0) is 23.4 Å². The van der Waals surface area contributed by atoms with E-state index in [-0.39, 0.29) is 11.4 Å². The van der Waals surface area contributed by atoms with Gasteiger partial charge >= 0.3 is 5.69 Å². The van der Waals surface area contributed by atoms with Crippen LogP contribution in [-0.4, -0.2) is 58.0 Å². The Balaban J connectivity index is 1.45. The number of hydrogen-bond donors (Lipinski definition) is 1. The van der Waals surface area contributed by atoms with Crippen LogP contribution >= 0.6 is 0 Å². The Morgan fingerprint density at radius 2 is 1.78 bits per heavy atom. The van der Waals surface area contributed by atoms with E-state index in [2.05, 4.69) is 45.2 Å². The first-order valence-electron chi connectivity index (χ1n) is 11.8. The summed E-state index contributed by atoms with van der Waals surface area (Å²) in [5.41, 5.74) is 6.13. The molecule has 3 aromatic heterocycles. The van der Waals surface area contributed by atoms with Crippen LogP contribution in [0.2, 0.25) is 0 Å². The van der Waals surface area contributed by atoms with Gasteiger partial charge in [0.15, 0.2) is 0 Å². The third kappa shape index (κ3) is 4.72. The predicted molar refractivity (Wildman–Crippen MR) is 144 cm³/mol. The van der Waals surface area contributed by atoms with Crippen LogP contribution in [0.4, 0.5) is 0 Å². The number of benzene rings is 2. The zero-order valence-corrected chi connectivity index (χ0v) is 21.4. The Bertz CT molecular complexity index is 1700. The zero-order valence-electron chi connectivity index (χ0n) is 20.6. The molecule has 5 rings (SSSR count). The van der Waals surface area contributed by atoms with E-state index in [1.54, 1.807) is 22.4 Å². The van der Waals surface area contributed by atoms with Crippen molar-refractivity contribution in [3.63, 3.8) is 0 Å². The lowest BCUT2D eigenvalue weighted by Gasteiger charge is -2.16. The number of para-hydroxylation sites is 1. The summed E-state index contributed by atoms with van der Waals surface area (Å²) < 4.78 is 26.1. The second-order valence-corrected chi connectivity index (χ2v) is 11.6. The average Bonchev–Trinajstić information content (AvgIpc) is 3.38. The van der Waals surface area contributed by atoms with Gasteiger partial charge in [0, 0.05) is 30.9 Å². The summed E-state index contributed by atoms with van der Waals surface area (Å²) >= 11 is 0. The lowest BCUT2D eigenvalue weighted by Crippen LogP contribution is -2.21. The molecule has 8 nitrogen and oxygen atoms in total. The number of aryl methyl sites for hydroxylation is 1. The topological polar surface area (TPSA) is 93.0 Å². The minimum Gasteiger partial charge on any atom is -0.339 e. The SMILES string of the molecule is CN(CCCS(C)(=O)=O)Cc1ccc(-c2cc3c(ncc4c3n(-c3ccccc3)c(=O)n4C)[nH]2)cc1. The minimum atomic E-state index is -2.93. The van der Waals surface area contributed by atoms with Gasteiger partial charge in [0.05, 0.1) is 28.7 Å². The van der Waals surface area contributed by atoms with E-state index < -0.39 is 9.84 Å². The van der Waals surface area contributed by atoms with E-state index in [9.17, 15) is 13.2 Å². The van der Waals surface area contributed by atoms with Crippen molar-refractivity contribution in [3.8, 4) is 16.9 Å². The maximum Gasteiger partial charge on any atom is 0.333 e. The van der Waals surface area contributed by atoms with Crippen molar-refractivity contribution in [1.82, 2.24) is 24.0 Å². The summed E-state index contributed by atoms with van der Waals surface area (Å²) in [7, 11) is 0.834. The fourth-order valence-electron chi connectivity index (χ4n) is 4.63. The molecular weight excluding hydrogens is 474 g/mol. The van der Waals surface area contributed by atoms with Gasteiger partial charge in [-0.05, 0) is 49.3 Å². The van der Waals surface area contributed by atoms with Gasteiger partial charge in [-0.25, -0.2) is 18.2 Å². The molecule has 5 aromatic rings. The van der Waals surface area contributed by atoms with Crippen LogP contribution in [0.3, 0.4) is 0 Å². The van der Waals surface area contributed by atoms with E-state index in [0.29, 0.717) is 6.42 Å². The summed E-state index contributed by atoms with van der Waals surface area (Å²) in [5.74, 6) is 0.206. The van der Waals surface area contributed by atoms with E-state index >= 15 is 0 Å². The Morgan fingerprint density at radius 1 is 1.06 bits per heavy atom. The number of hydrogen-bond acceptors (Lipinski definition) is 5. The number of sulfone groups is 1. The molecule has 0 radical (unpaired) electrons. The highest BCUT2D eigenvalue weighted by atomic mass is 32.2. The fraction of sp³-hybridized carbons (Fsp3) is 0.259. The third-order valence-electron chi connectivity index (χ3n) is 6.46. The highest BCUT2D eigenvalue weighted by Crippen LogP contribution is 2.30. The van der Waals surface area contributed by atoms with Crippen LogP contribution in [0.1, 0.15) is 12.0 Å². The van der Waals surface area contributed by atoms with Gasteiger partial charge in [0.1, 0.15) is 15.5 Å². The van der Waals surface area contributed by atoms with E-state index in [0.717, 1.165) is 57.7 Å². The molecule has 0 saturated heterocycles. The van der Waals surface area contributed by atoms with Crippen LogP contribution in [0, 0.1) is 0 Å². The molecule has 0 bridgehead atoms. The van der Waals surface area contributed by atoms with Gasteiger partial charge < -0.3 is 9.88 Å². The Labute approximate surface area is 209 Å². The van der Waals surface area contributed by atoms with Gasteiger partial charge in [-0.2, -0.15) is 0 Å². The van der Waals surface area contributed by atoms with Crippen molar-refractivity contribution < 1.29 is 8.42 Å². The fourth-order valence-corrected chi connectivity index (χ4v) is 5.28. The molecule has 0 spiro atoms. The number of aromatic nitrogens is 4. The van der Waals surface area contributed by atoms with Crippen molar-refractivity contribution in [2.75, 3.05) is 25.6 Å². The lowest BCUT2D eigenvalue weighted by molar-refractivity contribution is 0.328. The summed E-state index contributed by atoms with van der Waals surface area (Å²) in [6, 6.07) is 20.0. The number of nitrogens with zero attached hydrogens (tertiary/aromatic N) is 4. The predicted octanol–water partition coefficient (Wildman–Crippen LogP) is 3.74. The molecule has 9 heteroatoms. The number of nitrogens with one attached hydrogen (secondary N) is 1. The number of pyridine rings is 1. The Hall–Kier alpha value is -3.69. The minimum absolute atomic E-state index is 0.113. The quantitative estimate of drug-likeness (QED) is 0.348. The number of H-pyrrole nitrogens is 1. The van der Waals surface area contributed by atoms with Gasteiger partial charge in [0.25, 0.3) is 0 Å². The van der Waals surface area contributed by atoms with Crippen molar-refractivity contribution in [2.24, 2.45) is 7.05 Å². The molecule has 1 N–H and O–H groups in total. The number of fused-ring (bicyclic) bond motifs is 3. The average molecular weight is 504 g/mol. The summed E-state index contributed by atoms with van der Waals surface area (Å²) in [6.07, 6.45) is 3.63. The second kappa shape index (κ2) is 9.40. The first-order chi connectivity index (χ1) is 17.2. The highest BCUT2D eigenvalue weighted by Gasteiger charge is 2.18. The van der Waals surface area contributed by atoms with Gasteiger partial charge in [-0.3, -0.25) is 9.13 Å². The standard InChI is InChI=1S/C27H29N5O3S/c1-30(14-7-15-36(3,34)35)18-19-10-12-20(13-11-19)23-16-22-25-24(17-28-26(22)29-23)31(2)27(33)32(25)21-8-5-4-6-9-21/h4-6,8-13,16-17H,7,14-15,18H2,1-3H3,(H,28,29). The maximum absolute atomic E-state index is 13.1. The van der Waals surface area contributed by atoms with Gasteiger partial charge in [0.2, 0.25) is 0 Å². The first kappa shape index (κ1) is 24.0. The normalized spacial score (nSPS) is 12.2. The molecule has 36 heavy (non-hydrogen) atoms. The molecule has 2 aromatic carbocycles. The van der Waals surface area contributed by atoms with Crippen LogP contribution in [0.15, 0.2) is 71.7 Å². The van der Waals surface area contributed by atoms with E-state index in [1.807, 2.05) is 37.4 Å². The van der Waals surface area contributed by atoms with Crippen LogP contribution in [0.5, 0.6) is 0 Å². The molecule has 0 fully saturated rings. The smallest absolute Gasteiger partial charge is 0.333 e. The number of imidazole rings is 1. The highest BCUT2D eigenvalue weighted by molar-refractivity contribution is 7.90. The monoisotopic (exact) mass is 503 g/mol. The summed E-state index contributed by atoms with van der Waals surface area (Å²) in [6.45, 7) is 1.46.